The summed E-state index contributed by atoms with van der Waals surface area (Å²) in [4.78, 5) is 23.4. The fourth-order valence-corrected chi connectivity index (χ4v) is 4.49. The molecule has 5 rings (SSSR count). The number of aliphatic hydroxyl groups excluding tert-OH is 1. The first-order valence-electron chi connectivity index (χ1n) is 13.6. The molecule has 212 valence electrons. The molecule has 1 aliphatic heterocycles. The maximum atomic E-state index is 14.7. The van der Waals surface area contributed by atoms with E-state index in [1.807, 2.05) is 39.0 Å². The number of pyridine rings is 2. The number of benzene rings is 1. The molecule has 3 aromatic heterocycles. The number of ether oxygens (including phenoxy) is 1. The second-order valence-electron chi connectivity index (χ2n) is 10.7. The molecule has 4 heterocycles. The highest BCUT2D eigenvalue weighted by molar-refractivity contribution is 5.81. The summed E-state index contributed by atoms with van der Waals surface area (Å²) in [6, 6.07) is 12.6. The molecule has 1 fully saturated rings. The van der Waals surface area contributed by atoms with E-state index in [0.717, 1.165) is 35.9 Å². The first-order chi connectivity index (χ1) is 19.1. The Kier molecular flexibility index (Phi) is 9.31. The van der Waals surface area contributed by atoms with Gasteiger partial charge in [0.1, 0.15) is 17.2 Å². The second kappa shape index (κ2) is 12.9. The van der Waals surface area contributed by atoms with Crippen LogP contribution in [0.25, 0.3) is 16.6 Å². The summed E-state index contributed by atoms with van der Waals surface area (Å²) in [6.07, 6.45) is 7.58. The SMILES string of the molecule is CC(C)(C)OC(=O)N1CCC(Cc2ccc3cnc(Nc4ccc(-n5cccn5)cc4F)cc3n2)CC1.CCO. The summed E-state index contributed by atoms with van der Waals surface area (Å²) in [5.41, 5.74) is 2.28. The molecule has 0 spiro atoms. The molecule has 9 nitrogen and oxygen atoms in total. The number of nitrogens with one attached hydrogen (secondary N) is 1. The Bertz CT molecular complexity index is 1410. The van der Waals surface area contributed by atoms with Gasteiger partial charge in [0.2, 0.25) is 0 Å². The largest absolute Gasteiger partial charge is 0.444 e. The molecule has 10 heteroatoms. The summed E-state index contributed by atoms with van der Waals surface area (Å²) in [5, 5.41) is 15.7. The van der Waals surface area contributed by atoms with Crippen LogP contribution in [0.1, 0.15) is 46.2 Å². The molecule has 1 aromatic carbocycles. The van der Waals surface area contributed by atoms with Gasteiger partial charge in [-0.25, -0.2) is 18.9 Å². The molecule has 0 bridgehead atoms. The number of amides is 1. The molecule has 0 radical (unpaired) electrons. The minimum absolute atomic E-state index is 0.241. The van der Waals surface area contributed by atoms with Crippen molar-refractivity contribution in [2.75, 3.05) is 25.0 Å². The summed E-state index contributed by atoms with van der Waals surface area (Å²) < 4.78 is 21.8. The van der Waals surface area contributed by atoms with E-state index in [-0.39, 0.29) is 12.7 Å². The quantitative estimate of drug-likeness (QED) is 0.321. The molecule has 0 aliphatic carbocycles. The minimum Gasteiger partial charge on any atom is -0.444 e. The van der Waals surface area contributed by atoms with Crippen molar-refractivity contribution in [2.45, 2.75) is 52.6 Å². The number of aliphatic hydroxyl groups is 1. The summed E-state index contributed by atoms with van der Waals surface area (Å²) in [5.74, 6) is 0.577. The average Bonchev–Trinajstić information content (AvgIpc) is 3.45. The Morgan fingerprint density at radius 2 is 1.93 bits per heavy atom. The zero-order chi connectivity index (χ0) is 28.7. The lowest BCUT2D eigenvalue weighted by Gasteiger charge is -2.33. The van der Waals surface area contributed by atoms with Crippen molar-refractivity contribution >= 4 is 28.5 Å². The monoisotopic (exact) mass is 548 g/mol. The lowest BCUT2D eigenvalue weighted by atomic mass is 9.92. The third-order valence-corrected chi connectivity index (χ3v) is 6.38. The fraction of sp³-hybridized carbons (Fsp3) is 0.400. The number of hydrogen-bond acceptors (Lipinski definition) is 7. The first-order valence-corrected chi connectivity index (χ1v) is 13.6. The molecular formula is C30H37FN6O3. The number of aromatic nitrogens is 4. The van der Waals surface area contributed by atoms with Gasteiger partial charge in [-0.15, -0.1) is 0 Å². The van der Waals surface area contributed by atoms with Crippen molar-refractivity contribution in [3.8, 4) is 5.69 Å². The second-order valence-corrected chi connectivity index (χ2v) is 10.7. The Labute approximate surface area is 234 Å². The van der Waals surface area contributed by atoms with E-state index >= 15 is 0 Å². The van der Waals surface area contributed by atoms with E-state index in [9.17, 15) is 9.18 Å². The number of fused-ring (bicyclic) bond motifs is 1. The average molecular weight is 549 g/mol. The van der Waals surface area contributed by atoms with Crippen molar-refractivity contribution in [1.29, 1.82) is 0 Å². The van der Waals surface area contributed by atoms with Gasteiger partial charge < -0.3 is 20.1 Å². The summed E-state index contributed by atoms with van der Waals surface area (Å²) in [6.45, 7) is 8.96. The van der Waals surface area contributed by atoms with E-state index in [0.29, 0.717) is 36.2 Å². The van der Waals surface area contributed by atoms with Gasteiger partial charge in [0.25, 0.3) is 0 Å². The van der Waals surface area contributed by atoms with Gasteiger partial charge in [0, 0.05) is 61.5 Å². The lowest BCUT2D eigenvalue weighted by Crippen LogP contribution is -2.42. The summed E-state index contributed by atoms with van der Waals surface area (Å²) >= 11 is 0. The lowest BCUT2D eigenvalue weighted by molar-refractivity contribution is 0.0184. The Hall–Kier alpha value is -4.05. The van der Waals surface area contributed by atoms with Crippen LogP contribution in [0, 0.1) is 11.7 Å². The number of anilines is 2. The number of rotatable bonds is 5. The molecule has 4 aromatic rings. The van der Waals surface area contributed by atoms with Crippen molar-refractivity contribution < 1.29 is 19.0 Å². The van der Waals surface area contributed by atoms with Crippen LogP contribution in [0.3, 0.4) is 0 Å². The third kappa shape index (κ3) is 7.75. The van der Waals surface area contributed by atoms with Crippen molar-refractivity contribution in [3.63, 3.8) is 0 Å². The molecule has 1 amide bonds. The van der Waals surface area contributed by atoms with Gasteiger partial charge in [0.05, 0.1) is 16.9 Å². The van der Waals surface area contributed by atoms with E-state index in [1.165, 1.54) is 6.07 Å². The Morgan fingerprint density at radius 3 is 2.58 bits per heavy atom. The van der Waals surface area contributed by atoms with Gasteiger partial charge in [-0.2, -0.15) is 5.10 Å². The van der Waals surface area contributed by atoms with Gasteiger partial charge in [0.15, 0.2) is 0 Å². The minimum atomic E-state index is -0.485. The maximum absolute atomic E-state index is 14.7. The van der Waals surface area contributed by atoms with Crippen LogP contribution in [-0.4, -0.2) is 61.1 Å². The molecule has 0 atom stereocenters. The van der Waals surface area contributed by atoms with Crippen molar-refractivity contribution in [3.05, 3.63) is 72.6 Å². The van der Waals surface area contributed by atoms with Crippen LogP contribution >= 0.6 is 0 Å². The number of piperidine rings is 1. The number of carbonyl (C=O) groups is 1. The normalized spacial score (nSPS) is 14.0. The number of halogens is 1. The highest BCUT2D eigenvalue weighted by Gasteiger charge is 2.27. The van der Waals surface area contributed by atoms with Gasteiger partial charge in [-0.1, -0.05) is 0 Å². The van der Waals surface area contributed by atoms with Crippen LogP contribution in [0.2, 0.25) is 0 Å². The molecule has 0 unspecified atom stereocenters. The molecule has 2 N–H and O–H groups in total. The topological polar surface area (TPSA) is 105 Å². The standard InChI is InChI=1S/C28H31FN6O2.C2H6O/c1-28(2,3)37-27(36)34-13-9-19(10-14-34)15-21-6-5-20-18-30-26(17-25(20)32-21)33-24-8-7-22(16-23(24)29)35-12-4-11-31-35;1-2-3/h4-8,11-12,16-19H,9-10,13-15H2,1-3H3,(H,30,33);3H,2H2,1H3. The first kappa shape index (κ1) is 28.9. The van der Waals surface area contributed by atoms with Crippen LogP contribution in [-0.2, 0) is 11.2 Å². The molecule has 0 saturated carbocycles. The van der Waals surface area contributed by atoms with Crippen LogP contribution in [0.15, 0.2) is 61.1 Å². The van der Waals surface area contributed by atoms with E-state index in [1.54, 1.807) is 53.3 Å². The van der Waals surface area contributed by atoms with Crippen LogP contribution in [0.5, 0.6) is 0 Å². The number of likely N-dealkylation sites (tertiary alicyclic amines) is 1. The molecule has 1 saturated heterocycles. The van der Waals surface area contributed by atoms with Crippen LogP contribution in [0.4, 0.5) is 20.7 Å². The molecule has 40 heavy (non-hydrogen) atoms. The fourth-order valence-electron chi connectivity index (χ4n) is 4.49. The highest BCUT2D eigenvalue weighted by Crippen LogP contribution is 2.26. The van der Waals surface area contributed by atoms with Crippen molar-refractivity contribution in [1.82, 2.24) is 24.6 Å². The van der Waals surface area contributed by atoms with E-state index in [2.05, 4.69) is 15.4 Å². The zero-order valence-corrected chi connectivity index (χ0v) is 23.5. The van der Waals surface area contributed by atoms with E-state index in [4.69, 9.17) is 14.8 Å². The van der Waals surface area contributed by atoms with Gasteiger partial charge >= 0.3 is 6.09 Å². The predicted octanol–water partition coefficient (Wildman–Crippen LogP) is 5.89. The van der Waals surface area contributed by atoms with Gasteiger partial charge in [-0.05, 0) is 83.2 Å². The predicted molar refractivity (Wildman–Crippen MR) is 153 cm³/mol. The highest BCUT2D eigenvalue weighted by atomic mass is 19.1. The zero-order valence-electron chi connectivity index (χ0n) is 23.5. The smallest absolute Gasteiger partial charge is 0.410 e. The third-order valence-electron chi connectivity index (χ3n) is 6.38. The Balaban J connectivity index is 0.00000118. The number of nitrogens with zero attached hydrogens (tertiary/aromatic N) is 5. The number of hydrogen-bond donors (Lipinski definition) is 2. The van der Waals surface area contributed by atoms with E-state index < -0.39 is 11.4 Å². The van der Waals surface area contributed by atoms with Gasteiger partial charge in [-0.3, -0.25) is 4.98 Å². The summed E-state index contributed by atoms with van der Waals surface area (Å²) in [7, 11) is 0. The number of carbonyl (C=O) groups excluding carboxylic acids is 1. The molecule has 1 aliphatic rings. The Morgan fingerprint density at radius 1 is 1.18 bits per heavy atom. The van der Waals surface area contributed by atoms with Crippen molar-refractivity contribution in [2.24, 2.45) is 5.92 Å². The van der Waals surface area contributed by atoms with Crippen LogP contribution < -0.4 is 5.32 Å². The molecular weight excluding hydrogens is 511 g/mol. The maximum Gasteiger partial charge on any atom is 0.410 e.